The van der Waals surface area contributed by atoms with Gasteiger partial charge in [-0.15, -0.1) is 0 Å². The van der Waals surface area contributed by atoms with Crippen LogP contribution in [0.3, 0.4) is 0 Å². The molecule has 5 nitrogen and oxygen atoms in total. The molecule has 0 amide bonds. The van der Waals surface area contributed by atoms with Crippen LogP contribution in [0.15, 0.2) is 36.4 Å². The lowest BCUT2D eigenvalue weighted by Crippen LogP contribution is -2.05. The Morgan fingerprint density at radius 3 is 2.81 bits per heavy atom. The molecule has 2 rings (SSSR count). The predicted molar refractivity (Wildman–Crippen MR) is 80.9 cm³/mol. The average Bonchev–Trinajstić information content (AvgIpc) is 2.53. The van der Waals surface area contributed by atoms with Gasteiger partial charge in [0.25, 0.3) is 0 Å². The summed E-state index contributed by atoms with van der Waals surface area (Å²) in [5.41, 5.74) is 1.88. The summed E-state index contributed by atoms with van der Waals surface area (Å²) in [4.78, 5) is 15.8. The lowest BCUT2D eigenvalue weighted by Gasteiger charge is -2.10. The van der Waals surface area contributed by atoms with Crippen LogP contribution < -0.4 is 10.1 Å². The predicted octanol–water partition coefficient (Wildman–Crippen LogP) is 3.14. The summed E-state index contributed by atoms with van der Waals surface area (Å²) in [7, 11) is 2.90. The van der Waals surface area contributed by atoms with Crippen molar-refractivity contribution in [1.29, 1.82) is 0 Å². The van der Waals surface area contributed by atoms with Crippen LogP contribution >= 0.6 is 11.6 Å². The van der Waals surface area contributed by atoms with Gasteiger partial charge in [-0.25, -0.2) is 9.78 Å². The lowest BCUT2D eigenvalue weighted by atomic mass is 10.2. The molecule has 1 aromatic carbocycles. The van der Waals surface area contributed by atoms with E-state index in [1.807, 2.05) is 12.1 Å². The maximum Gasteiger partial charge on any atom is 0.337 e. The highest BCUT2D eigenvalue weighted by molar-refractivity contribution is 6.33. The second-order valence-corrected chi connectivity index (χ2v) is 4.62. The summed E-state index contributed by atoms with van der Waals surface area (Å²) < 4.78 is 9.76. The Morgan fingerprint density at radius 1 is 1.29 bits per heavy atom. The van der Waals surface area contributed by atoms with Crippen LogP contribution in [0.5, 0.6) is 5.88 Å². The SMILES string of the molecule is COC(=O)c1ccc(Cl)c(NCc2cccc(OC)n2)c1. The van der Waals surface area contributed by atoms with Crippen LogP contribution in [0, 0.1) is 0 Å². The van der Waals surface area contributed by atoms with E-state index in [0.29, 0.717) is 28.7 Å². The minimum absolute atomic E-state index is 0.408. The summed E-state index contributed by atoms with van der Waals surface area (Å²) in [6.07, 6.45) is 0. The number of nitrogens with zero attached hydrogens (tertiary/aromatic N) is 1. The number of carbonyl (C=O) groups excluding carboxylic acids is 1. The van der Waals surface area contributed by atoms with Gasteiger partial charge >= 0.3 is 5.97 Å². The van der Waals surface area contributed by atoms with Gasteiger partial charge in [0.1, 0.15) is 0 Å². The Kier molecular flexibility index (Phi) is 5.00. The quantitative estimate of drug-likeness (QED) is 0.860. The van der Waals surface area contributed by atoms with Gasteiger partial charge in [0, 0.05) is 6.07 Å². The zero-order valence-corrected chi connectivity index (χ0v) is 12.5. The summed E-state index contributed by atoms with van der Waals surface area (Å²) >= 11 is 6.11. The number of pyridine rings is 1. The van der Waals surface area contributed by atoms with Crippen molar-refractivity contribution < 1.29 is 14.3 Å². The molecule has 2 aromatic rings. The Morgan fingerprint density at radius 2 is 2.10 bits per heavy atom. The van der Waals surface area contributed by atoms with E-state index in [0.717, 1.165) is 5.69 Å². The molecule has 0 aliphatic carbocycles. The van der Waals surface area contributed by atoms with E-state index in [2.05, 4.69) is 15.0 Å². The smallest absolute Gasteiger partial charge is 0.337 e. The largest absolute Gasteiger partial charge is 0.481 e. The number of benzene rings is 1. The van der Waals surface area contributed by atoms with E-state index in [9.17, 15) is 4.79 Å². The Bertz CT molecular complexity index is 647. The topological polar surface area (TPSA) is 60.5 Å². The van der Waals surface area contributed by atoms with Gasteiger partial charge in [-0.05, 0) is 24.3 Å². The molecule has 0 fully saturated rings. The van der Waals surface area contributed by atoms with Crippen LogP contribution in [0.2, 0.25) is 5.02 Å². The molecule has 0 bridgehead atoms. The number of methoxy groups -OCH3 is 2. The summed E-state index contributed by atoms with van der Waals surface area (Å²) in [6.45, 7) is 0.460. The van der Waals surface area contributed by atoms with Crippen LogP contribution in [0.4, 0.5) is 5.69 Å². The fraction of sp³-hybridized carbons (Fsp3) is 0.200. The third kappa shape index (κ3) is 3.86. The number of hydrogen-bond donors (Lipinski definition) is 1. The molecule has 0 atom stereocenters. The first-order chi connectivity index (χ1) is 10.1. The van der Waals surface area contributed by atoms with Crippen molar-refractivity contribution in [3.05, 3.63) is 52.7 Å². The van der Waals surface area contributed by atoms with E-state index in [-0.39, 0.29) is 0 Å². The van der Waals surface area contributed by atoms with Gasteiger partial charge in [-0.3, -0.25) is 0 Å². The van der Waals surface area contributed by atoms with E-state index in [1.54, 1.807) is 31.4 Å². The highest BCUT2D eigenvalue weighted by Crippen LogP contribution is 2.24. The minimum atomic E-state index is -0.408. The number of halogens is 1. The van der Waals surface area contributed by atoms with Gasteiger partial charge in [-0.1, -0.05) is 17.7 Å². The van der Waals surface area contributed by atoms with Crippen molar-refractivity contribution in [1.82, 2.24) is 4.98 Å². The van der Waals surface area contributed by atoms with Crippen molar-refractivity contribution in [2.75, 3.05) is 19.5 Å². The number of ether oxygens (including phenoxy) is 2. The molecular weight excluding hydrogens is 292 g/mol. The highest BCUT2D eigenvalue weighted by atomic mass is 35.5. The first-order valence-electron chi connectivity index (χ1n) is 6.25. The number of anilines is 1. The van der Waals surface area contributed by atoms with Crippen LogP contribution in [0.25, 0.3) is 0 Å². The molecule has 0 saturated heterocycles. The molecular formula is C15H15ClN2O3. The maximum absolute atomic E-state index is 11.5. The van der Waals surface area contributed by atoms with Gasteiger partial charge in [0.15, 0.2) is 0 Å². The minimum Gasteiger partial charge on any atom is -0.481 e. The summed E-state index contributed by atoms with van der Waals surface area (Å²) in [5.74, 6) is 0.137. The number of nitrogens with one attached hydrogen (secondary N) is 1. The average molecular weight is 307 g/mol. The molecule has 0 saturated carbocycles. The molecule has 6 heteroatoms. The van der Waals surface area contributed by atoms with Crippen molar-refractivity contribution in [2.45, 2.75) is 6.54 Å². The van der Waals surface area contributed by atoms with Gasteiger partial charge < -0.3 is 14.8 Å². The zero-order valence-electron chi connectivity index (χ0n) is 11.7. The van der Waals surface area contributed by atoms with E-state index >= 15 is 0 Å². The second-order valence-electron chi connectivity index (χ2n) is 4.21. The molecule has 0 aliphatic rings. The second kappa shape index (κ2) is 6.95. The number of esters is 1. The molecule has 0 radical (unpaired) electrons. The molecule has 1 heterocycles. The van der Waals surface area contributed by atoms with Crippen LogP contribution in [-0.4, -0.2) is 25.2 Å². The lowest BCUT2D eigenvalue weighted by molar-refractivity contribution is 0.0601. The molecule has 1 N–H and O–H groups in total. The van der Waals surface area contributed by atoms with Crippen LogP contribution in [0.1, 0.15) is 16.1 Å². The Labute approximate surface area is 127 Å². The number of aromatic nitrogens is 1. The van der Waals surface area contributed by atoms with E-state index in [4.69, 9.17) is 16.3 Å². The van der Waals surface area contributed by atoms with E-state index in [1.165, 1.54) is 7.11 Å². The van der Waals surface area contributed by atoms with Crippen molar-refractivity contribution in [3.63, 3.8) is 0 Å². The monoisotopic (exact) mass is 306 g/mol. The maximum atomic E-state index is 11.5. The normalized spacial score (nSPS) is 10.0. The van der Waals surface area contributed by atoms with Crippen molar-refractivity contribution in [3.8, 4) is 5.88 Å². The standard InChI is InChI=1S/C15H15ClN2O3/c1-20-14-5-3-4-11(18-14)9-17-13-8-10(15(19)21-2)6-7-12(13)16/h3-8,17H,9H2,1-2H3. The van der Waals surface area contributed by atoms with Crippen LogP contribution in [-0.2, 0) is 11.3 Å². The van der Waals surface area contributed by atoms with Crippen molar-refractivity contribution >= 4 is 23.3 Å². The Hall–Kier alpha value is -2.27. The number of rotatable bonds is 5. The van der Waals surface area contributed by atoms with Gasteiger partial charge in [0.05, 0.1) is 42.7 Å². The molecule has 21 heavy (non-hydrogen) atoms. The highest BCUT2D eigenvalue weighted by Gasteiger charge is 2.09. The number of hydrogen-bond acceptors (Lipinski definition) is 5. The first kappa shape index (κ1) is 15.1. The third-order valence-corrected chi connectivity index (χ3v) is 3.17. The first-order valence-corrected chi connectivity index (χ1v) is 6.63. The fourth-order valence-corrected chi connectivity index (χ4v) is 1.95. The molecule has 0 spiro atoms. The van der Waals surface area contributed by atoms with Gasteiger partial charge in [-0.2, -0.15) is 0 Å². The number of carbonyl (C=O) groups is 1. The third-order valence-electron chi connectivity index (χ3n) is 2.84. The zero-order chi connectivity index (χ0) is 15.2. The summed E-state index contributed by atoms with van der Waals surface area (Å²) in [5, 5.41) is 3.66. The summed E-state index contributed by atoms with van der Waals surface area (Å²) in [6, 6.07) is 10.4. The van der Waals surface area contributed by atoms with Crippen molar-refractivity contribution in [2.24, 2.45) is 0 Å². The molecule has 0 aliphatic heterocycles. The van der Waals surface area contributed by atoms with E-state index < -0.39 is 5.97 Å². The molecule has 0 unspecified atom stereocenters. The molecule has 1 aromatic heterocycles. The molecule has 110 valence electrons. The fourth-order valence-electron chi connectivity index (χ4n) is 1.76. The van der Waals surface area contributed by atoms with Gasteiger partial charge in [0.2, 0.25) is 5.88 Å². The Balaban J connectivity index is 2.13.